The molecule has 0 bridgehead atoms. The number of Topliss-reactive ketones (excluding diaryl/α,β-unsaturated/α-hetero) is 2. The van der Waals surface area contributed by atoms with E-state index in [1.165, 1.54) is 9.80 Å². The van der Waals surface area contributed by atoms with Crippen molar-refractivity contribution in [2.45, 2.75) is 134 Å². The van der Waals surface area contributed by atoms with Gasteiger partial charge in [-0.2, -0.15) is 0 Å². The highest BCUT2D eigenvalue weighted by molar-refractivity contribution is 6.01. The minimum Gasteiger partial charge on any atom is -0.456 e. The Kier molecular flexibility index (Phi) is 11.5. The first kappa shape index (κ1) is 39.9. The van der Waals surface area contributed by atoms with Gasteiger partial charge in [-0.25, -0.2) is 19.2 Å². The summed E-state index contributed by atoms with van der Waals surface area (Å²) in [4.78, 5) is 81.0. The van der Waals surface area contributed by atoms with Gasteiger partial charge in [0.2, 0.25) is 5.78 Å². The van der Waals surface area contributed by atoms with Crippen molar-refractivity contribution in [1.82, 2.24) is 9.80 Å². The third-order valence-electron chi connectivity index (χ3n) is 11.1. The van der Waals surface area contributed by atoms with Crippen molar-refractivity contribution in [3.05, 3.63) is 58.7 Å². The summed E-state index contributed by atoms with van der Waals surface area (Å²) >= 11 is 0. The highest BCUT2D eigenvalue weighted by atomic mass is 16.6. The van der Waals surface area contributed by atoms with Crippen molar-refractivity contribution in [3.63, 3.8) is 0 Å². The van der Waals surface area contributed by atoms with Crippen LogP contribution in [0.15, 0.2) is 36.4 Å². The minimum absolute atomic E-state index is 0.0501. The van der Waals surface area contributed by atoms with E-state index in [1.54, 1.807) is 53.7 Å². The van der Waals surface area contributed by atoms with E-state index >= 15 is 0 Å². The van der Waals surface area contributed by atoms with E-state index in [4.69, 9.17) is 18.9 Å². The number of ether oxygens (including phenoxy) is 4. The molecule has 0 N–H and O–H groups in total. The molecule has 2 amide bonds. The fourth-order valence-corrected chi connectivity index (χ4v) is 8.62. The van der Waals surface area contributed by atoms with E-state index < -0.39 is 60.6 Å². The minimum atomic E-state index is -0.793. The molecule has 0 radical (unpaired) electrons. The number of benzene rings is 2. The van der Waals surface area contributed by atoms with Gasteiger partial charge in [-0.05, 0) is 121 Å². The number of hydrogen-bond acceptors (Lipinski definition) is 10. The Morgan fingerprint density at radius 2 is 1.16 bits per heavy atom. The summed E-state index contributed by atoms with van der Waals surface area (Å²) in [6.45, 7) is 10.5. The number of fused-ring (bicyclic) bond motifs is 2. The zero-order valence-corrected chi connectivity index (χ0v) is 33.0. The van der Waals surface area contributed by atoms with Gasteiger partial charge in [0, 0.05) is 24.2 Å². The second kappa shape index (κ2) is 15.8. The van der Waals surface area contributed by atoms with Gasteiger partial charge in [0.05, 0.1) is 0 Å². The van der Waals surface area contributed by atoms with E-state index in [2.05, 4.69) is 0 Å². The molecular weight excluding hydrogens is 704 g/mol. The molecule has 2 atom stereocenters. The number of carbonyl (C=O) groups excluding carboxylic acids is 6. The largest absolute Gasteiger partial charge is 0.456 e. The molecule has 12 nitrogen and oxygen atoms in total. The first-order chi connectivity index (χ1) is 26.0. The summed E-state index contributed by atoms with van der Waals surface area (Å²) in [5, 5.41) is 0. The van der Waals surface area contributed by atoms with Crippen LogP contribution in [0.4, 0.5) is 9.59 Å². The molecule has 2 aromatic carbocycles. The lowest BCUT2D eigenvalue weighted by Gasteiger charge is -2.28. The number of ketones is 2. The summed E-state index contributed by atoms with van der Waals surface area (Å²) in [5.41, 5.74) is 3.55. The number of rotatable bonds is 9. The zero-order valence-electron chi connectivity index (χ0n) is 33.0. The third kappa shape index (κ3) is 8.89. The van der Waals surface area contributed by atoms with Crippen molar-refractivity contribution < 1.29 is 47.7 Å². The molecule has 2 aliphatic heterocycles. The van der Waals surface area contributed by atoms with Crippen molar-refractivity contribution in [1.29, 1.82) is 0 Å². The molecular formula is C43H54N2O10. The summed E-state index contributed by atoms with van der Waals surface area (Å²) < 4.78 is 21.9. The Morgan fingerprint density at radius 1 is 0.655 bits per heavy atom. The molecule has 2 saturated heterocycles. The van der Waals surface area contributed by atoms with Gasteiger partial charge in [-0.3, -0.25) is 19.4 Å². The van der Waals surface area contributed by atoms with Crippen molar-refractivity contribution in [3.8, 4) is 11.1 Å². The Balaban J connectivity index is 1.13. The van der Waals surface area contributed by atoms with E-state index in [0.29, 0.717) is 49.9 Å². The molecule has 6 rings (SSSR count). The van der Waals surface area contributed by atoms with Crippen LogP contribution in [-0.4, -0.2) is 95.1 Å². The van der Waals surface area contributed by atoms with Crippen LogP contribution in [0.5, 0.6) is 0 Å². The Bertz CT molecular complexity index is 1830. The van der Waals surface area contributed by atoms with Crippen LogP contribution in [-0.2, 0) is 40.4 Å². The molecule has 2 aliphatic carbocycles. The Hall–Kier alpha value is -4.74. The average molecular weight is 759 g/mol. The second-order valence-corrected chi connectivity index (χ2v) is 17.3. The SMILES string of the molecule is CC(C)(C)OC(=O)N1CCC[C@H]1C(=O)OCC(=O)c1ccc(-c2ccc(C(=O)COC(=O)[C@@H]3CCCN3C(=O)OC(C)(C)C)c3c2C2(CCCC2)CC3)cc1. The monoisotopic (exact) mass is 758 g/mol. The lowest BCUT2D eigenvalue weighted by atomic mass is 9.76. The van der Waals surface area contributed by atoms with Gasteiger partial charge >= 0.3 is 24.1 Å². The maximum Gasteiger partial charge on any atom is 0.411 e. The molecule has 2 heterocycles. The molecule has 0 unspecified atom stereocenters. The number of nitrogens with zero attached hydrogens (tertiary/aromatic N) is 2. The van der Waals surface area contributed by atoms with Gasteiger partial charge in [0.1, 0.15) is 23.3 Å². The van der Waals surface area contributed by atoms with Crippen molar-refractivity contribution in [2.24, 2.45) is 0 Å². The maximum absolute atomic E-state index is 13.7. The Morgan fingerprint density at radius 3 is 1.67 bits per heavy atom. The molecule has 3 fully saturated rings. The van der Waals surface area contributed by atoms with Crippen LogP contribution < -0.4 is 0 Å². The van der Waals surface area contributed by atoms with E-state index in [1.807, 2.05) is 24.3 Å². The van der Waals surface area contributed by atoms with E-state index in [9.17, 15) is 28.8 Å². The first-order valence-electron chi connectivity index (χ1n) is 19.6. The second-order valence-electron chi connectivity index (χ2n) is 17.3. The summed E-state index contributed by atoms with van der Waals surface area (Å²) in [5.74, 6) is -1.88. The maximum atomic E-state index is 13.7. The molecule has 55 heavy (non-hydrogen) atoms. The molecule has 0 aromatic heterocycles. The van der Waals surface area contributed by atoms with Crippen molar-refractivity contribution in [2.75, 3.05) is 26.3 Å². The topological polar surface area (TPSA) is 146 Å². The van der Waals surface area contributed by atoms with Crippen LogP contribution in [0, 0.1) is 0 Å². The first-order valence-corrected chi connectivity index (χ1v) is 19.6. The summed E-state index contributed by atoms with van der Waals surface area (Å²) in [6, 6.07) is 9.39. The summed E-state index contributed by atoms with van der Waals surface area (Å²) in [7, 11) is 0. The normalized spacial score (nSPS) is 20.3. The average Bonchev–Trinajstić information content (AvgIpc) is 3.96. The van der Waals surface area contributed by atoms with Crippen molar-refractivity contribution >= 4 is 35.7 Å². The fraction of sp³-hybridized carbons (Fsp3) is 0.581. The van der Waals surface area contributed by atoms with Gasteiger partial charge in [0.15, 0.2) is 19.0 Å². The summed E-state index contributed by atoms with van der Waals surface area (Å²) in [6.07, 6.45) is 6.95. The molecule has 296 valence electrons. The fourth-order valence-electron chi connectivity index (χ4n) is 8.62. The lowest BCUT2D eigenvalue weighted by molar-refractivity contribution is -0.148. The number of hydrogen-bond donors (Lipinski definition) is 0. The lowest BCUT2D eigenvalue weighted by Crippen LogP contribution is -2.44. The molecule has 4 aliphatic rings. The quantitative estimate of drug-likeness (QED) is 0.144. The van der Waals surface area contributed by atoms with Gasteiger partial charge in [0.25, 0.3) is 0 Å². The van der Waals surface area contributed by atoms with Crippen LogP contribution in [0.2, 0.25) is 0 Å². The highest BCUT2D eigenvalue weighted by Gasteiger charge is 2.44. The van der Waals surface area contributed by atoms with Crippen LogP contribution in [0.3, 0.4) is 0 Å². The standard InChI is InChI=1S/C43H54N2O10/c1-41(2,3)54-39(50)44-23-9-11-32(44)37(48)52-25-34(46)28-15-13-27(14-16-28)29-17-18-30(31-19-22-43(36(29)31)20-7-8-21-43)35(47)26-53-38(49)33-12-10-24-45(33)40(51)55-42(4,5)6/h13-18,32-33H,7-12,19-26H2,1-6H3/t32-,33-/m0/s1. The van der Waals surface area contributed by atoms with E-state index in [-0.39, 0.29) is 17.0 Å². The smallest absolute Gasteiger partial charge is 0.411 e. The number of amides is 2. The van der Waals surface area contributed by atoms with Crippen LogP contribution in [0.25, 0.3) is 11.1 Å². The van der Waals surface area contributed by atoms with Gasteiger partial charge in [-0.15, -0.1) is 0 Å². The van der Waals surface area contributed by atoms with Gasteiger partial charge in [-0.1, -0.05) is 49.2 Å². The molecule has 1 spiro atoms. The van der Waals surface area contributed by atoms with E-state index in [0.717, 1.165) is 60.8 Å². The molecule has 12 heteroatoms. The highest BCUT2D eigenvalue weighted by Crippen LogP contribution is 2.54. The predicted octanol–water partition coefficient (Wildman–Crippen LogP) is 7.36. The predicted molar refractivity (Wildman–Crippen MR) is 203 cm³/mol. The van der Waals surface area contributed by atoms with Crippen LogP contribution in [0.1, 0.15) is 131 Å². The van der Waals surface area contributed by atoms with Gasteiger partial charge < -0.3 is 18.9 Å². The third-order valence-corrected chi connectivity index (χ3v) is 11.1. The Labute approximate surface area is 323 Å². The number of esters is 2. The van der Waals surface area contributed by atoms with Crippen LogP contribution >= 0.6 is 0 Å². The number of likely N-dealkylation sites (tertiary alicyclic amines) is 2. The molecule has 2 aromatic rings. The zero-order chi connectivity index (χ0) is 39.7. The number of carbonyl (C=O) groups is 6. The molecule has 1 saturated carbocycles.